The molecular weight excluding hydrogens is 299 g/mol. The van der Waals surface area contributed by atoms with Crippen molar-refractivity contribution in [2.75, 3.05) is 6.61 Å². The lowest BCUT2D eigenvalue weighted by atomic mass is 10.1. The number of benzene rings is 1. The van der Waals surface area contributed by atoms with Crippen molar-refractivity contribution >= 4 is 11.9 Å². The first-order valence-electron chi connectivity index (χ1n) is 8.17. The molecule has 1 unspecified atom stereocenters. The quantitative estimate of drug-likeness (QED) is 0.490. The van der Waals surface area contributed by atoms with Gasteiger partial charge in [0.15, 0.2) is 6.17 Å². The summed E-state index contributed by atoms with van der Waals surface area (Å²) in [4.78, 5) is 22.2. The average molecular weight is 324 g/mol. The van der Waals surface area contributed by atoms with Gasteiger partial charge >= 0.3 is 11.9 Å². The van der Waals surface area contributed by atoms with Gasteiger partial charge in [-0.15, -0.1) is 0 Å². The Balaban J connectivity index is 2.15. The second kappa shape index (κ2) is 10.8. The van der Waals surface area contributed by atoms with Crippen LogP contribution in [0.5, 0.6) is 0 Å². The molecule has 0 radical (unpaired) electrons. The van der Waals surface area contributed by atoms with Crippen molar-refractivity contribution in [3.8, 4) is 0 Å². The number of ether oxygens (including phenoxy) is 1. The van der Waals surface area contributed by atoms with Crippen LogP contribution in [-0.4, -0.2) is 29.8 Å². The molecule has 1 rings (SSSR count). The number of halogens is 1. The second-order valence-corrected chi connectivity index (χ2v) is 5.59. The number of aryl methyl sites for hydroxylation is 1. The molecule has 1 atom stereocenters. The number of carbonyl (C=O) groups is 2. The molecule has 0 heterocycles. The van der Waals surface area contributed by atoms with Gasteiger partial charge in [0.2, 0.25) is 0 Å². The molecule has 0 fully saturated rings. The largest absolute Gasteiger partial charge is 0.478 e. The molecule has 1 aromatic carbocycles. The van der Waals surface area contributed by atoms with E-state index in [1.54, 1.807) is 24.3 Å². The van der Waals surface area contributed by atoms with Crippen LogP contribution in [0.15, 0.2) is 24.3 Å². The molecule has 0 aliphatic carbocycles. The molecule has 0 amide bonds. The van der Waals surface area contributed by atoms with Gasteiger partial charge in [-0.2, -0.15) is 0 Å². The topological polar surface area (TPSA) is 63.6 Å². The maximum Gasteiger partial charge on any atom is 0.340 e. The van der Waals surface area contributed by atoms with Crippen molar-refractivity contribution in [2.24, 2.45) is 0 Å². The third-order valence-corrected chi connectivity index (χ3v) is 3.62. The smallest absolute Gasteiger partial charge is 0.340 e. The fourth-order valence-corrected chi connectivity index (χ4v) is 2.20. The van der Waals surface area contributed by atoms with E-state index in [2.05, 4.69) is 0 Å². The number of rotatable bonds is 11. The highest BCUT2D eigenvalue weighted by Gasteiger charge is 2.17. The molecule has 0 saturated carbocycles. The number of carbonyl (C=O) groups excluding carboxylic acids is 1. The van der Waals surface area contributed by atoms with Crippen LogP contribution >= 0.6 is 0 Å². The van der Waals surface area contributed by atoms with E-state index in [0.29, 0.717) is 12.8 Å². The fraction of sp³-hybridized carbons (Fsp3) is 0.556. The molecule has 0 aliphatic heterocycles. The van der Waals surface area contributed by atoms with E-state index in [9.17, 15) is 14.0 Å². The molecular formula is C18H25FO4. The molecule has 4 nitrogen and oxygen atoms in total. The minimum atomic E-state index is -1.51. The van der Waals surface area contributed by atoms with E-state index in [0.717, 1.165) is 31.2 Å². The summed E-state index contributed by atoms with van der Waals surface area (Å²) in [6, 6.07) is 6.70. The van der Waals surface area contributed by atoms with Crippen molar-refractivity contribution < 1.29 is 23.8 Å². The molecule has 0 aliphatic rings. The number of hydrogen-bond acceptors (Lipinski definition) is 3. The number of carboxylic acids is 1. The van der Waals surface area contributed by atoms with Gasteiger partial charge in [-0.25, -0.2) is 14.0 Å². The molecule has 128 valence electrons. The van der Waals surface area contributed by atoms with E-state index < -0.39 is 18.1 Å². The van der Waals surface area contributed by atoms with Crippen LogP contribution in [0.1, 0.15) is 61.4 Å². The Bertz CT molecular complexity index is 484. The van der Waals surface area contributed by atoms with Gasteiger partial charge in [-0.1, -0.05) is 31.9 Å². The lowest BCUT2D eigenvalue weighted by Gasteiger charge is -2.08. The lowest BCUT2D eigenvalue weighted by Crippen LogP contribution is -2.19. The summed E-state index contributed by atoms with van der Waals surface area (Å²) in [7, 11) is 0. The summed E-state index contributed by atoms with van der Waals surface area (Å²) in [6.45, 7) is 2.25. The van der Waals surface area contributed by atoms with E-state index >= 15 is 0 Å². The SMILES string of the molecule is CCCCCC(F)C(=O)OCCCCc1ccc(C(=O)O)cc1. The van der Waals surface area contributed by atoms with E-state index in [-0.39, 0.29) is 18.6 Å². The van der Waals surface area contributed by atoms with Crippen LogP contribution in [-0.2, 0) is 16.0 Å². The van der Waals surface area contributed by atoms with Gasteiger partial charge in [0.05, 0.1) is 12.2 Å². The van der Waals surface area contributed by atoms with Crippen LogP contribution in [0.2, 0.25) is 0 Å². The Morgan fingerprint density at radius 3 is 2.43 bits per heavy atom. The monoisotopic (exact) mass is 324 g/mol. The highest BCUT2D eigenvalue weighted by atomic mass is 19.1. The molecule has 23 heavy (non-hydrogen) atoms. The van der Waals surface area contributed by atoms with E-state index in [1.807, 2.05) is 6.92 Å². The van der Waals surface area contributed by atoms with Gasteiger partial charge in [-0.05, 0) is 49.8 Å². The normalized spacial score (nSPS) is 11.9. The Morgan fingerprint density at radius 1 is 1.13 bits per heavy atom. The van der Waals surface area contributed by atoms with Crippen LogP contribution in [0.4, 0.5) is 4.39 Å². The fourth-order valence-electron chi connectivity index (χ4n) is 2.20. The van der Waals surface area contributed by atoms with Gasteiger partial charge in [0, 0.05) is 0 Å². The van der Waals surface area contributed by atoms with Crippen molar-refractivity contribution in [1.82, 2.24) is 0 Å². The van der Waals surface area contributed by atoms with Gasteiger partial charge in [0.25, 0.3) is 0 Å². The predicted octanol–water partition coefficient (Wildman–Crippen LogP) is 4.17. The van der Waals surface area contributed by atoms with Gasteiger partial charge < -0.3 is 9.84 Å². The Kier molecular flexibility index (Phi) is 8.95. The second-order valence-electron chi connectivity index (χ2n) is 5.59. The van der Waals surface area contributed by atoms with Crippen LogP contribution in [0.3, 0.4) is 0 Å². The molecule has 0 spiro atoms. The van der Waals surface area contributed by atoms with E-state index in [1.165, 1.54) is 0 Å². The third-order valence-electron chi connectivity index (χ3n) is 3.62. The zero-order chi connectivity index (χ0) is 17.1. The van der Waals surface area contributed by atoms with E-state index in [4.69, 9.17) is 9.84 Å². The molecule has 0 bridgehead atoms. The number of esters is 1. The molecule has 5 heteroatoms. The number of hydrogen-bond donors (Lipinski definition) is 1. The number of aromatic carboxylic acids is 1. The zero-order valence-electron chi connectivity index (χ0n) is 13.6. The molecule has 1 N–H and O–H groups in total. The van der Waals surface area contributed by atoms with Crippen molar-refractivity contribution in [1.29, 1.82) is 0 Å². The van der Waals surface area contributed by atoms with Crippen LogP contribution in [0, 0.1) is 0 Å². The summed E-state index contributed by atoms with van der Waals surface area (Å²) < 4.78 is 18.4. The molecule has 1 aromatic rings. The zero-order valence-corrected chi connectivity index (χ0v) is 13.6. The summed E-state index contributed by atoms with van der Waals surface area (Å²) in [5.74, 6) is -1.70. The van der Waals surface area contributed by atoms with Gasteiger partial charge in [0.1, 0.15) is 0 Å². The highest BCUT2D eigenvalue weighted by molar-refractivity contribution is 5.87. The summed E-state index contributed by atoms with van der Waals surface area (Å²) in [6.07, 6.45) is 3.59. The van der Waals surface area contributed by atoms with Crippen LogP contribution in [0.25, 0.3) is 0 Å². The summed E-state index contributed by atoms with van der Waals surface area (Å²) in [5, 5.41) is 8.81. The number of carboxylic acid groups (broad SMARTS) is 1. The standard InChI is InChI=1S/C18H25FO4/c1-2-3-4-8-16(19)18(22)23-13-6-5-7-14-9-11-15(12-10-14)17(20)21/h9-12,16H,2-8,13H2,1H3,(H,20,21). The first kappa shape index (κ1) is 19.1. The summed E-state index contributed by atoms with van der Waals surface area (Å²) in [5.41, 5.74) is 1.30. The minimum absolute atomic E-state index is 0.222. The molecule has 0 saturated heterocycles. The minimum Gasteiger partial charge on any atom is -0.478 e. The Labute approximate surface area is 136 Å². The average Bonchev–Trinajstić information content (AvgIpc) is 2.54. The molecule has 0 aromatic heterocycles. The predicted molar refractivity (Wildman–Crippen MR) is 86.3 cm³/mol. The number of unbranched alkanes of at least 4 members (excludes halogenated alkanes) is 3. The van der Waals surface area contributed by atoms with Crippen molar-refractivity contribution in [3.63, 3.8) is 0 Å². The lowest BCUT2D eigenvalue weighted by molar-refractivity contribution is -0.150. The first-order valence-corrected chi connectivity index (χ1v) is 8.17. The number of alkyl halides is 1. The maximum absolute atomic E-state index is 13.5. The Morgan fingerprint density at radius 2 is 1.83 bits per heavy atom. The third kappa shape index (κ3) is 7.77. The Hall–Kier alpha value is -1.91. The van der Waals surface area contributed by atoms with Gasteiger partial charge in [-0.3, -0.25) is 0 Å². The maximum atomic E-state index is 13.5. The summed E-state index contributed by atoms with van der Waals surface area (Å²) >= 11 is 0. The highest BCUT2D eigenvalue weighted by Crippen LogP contribution is 2.10. The van der Waals surface area contributed by atoms with Crippen LogP contribution < -0.4 is 0 Å². The van der Waals surface area contributed by atoms with Crippen molar-refractivity contribution in [3.05, 3.63) is 35.4 Å². The van der Waals surface area contributed by atoms with Crippen molar-refractivity contribution in [2.45, 2.75) is 58.0 Å². The first-order chi connectivity index (χ1) is 11.0.